The molecule has 150 valence electrons. The summed E-state index contributed by atoms with van der Waals surface area (Å²) < 4.78 is 11.3. The first kappa shape index (κ1) is 19.6. The first-order chi connectivity index (χ1) is 14.1. The third kappa shape index (κ3) is 4.47. The summed E-state index contributed by atoms with van der Waals surface area (Å²) in [6.45, 7) is 2.80. The molecule has 2 aromatic rings. The summed E-state index contributed by atoms with van der Waals surface area (Å²) in [5.74, 6) is 1.53. The summed E-state index contributed by atoms with van der Waals surface area (Å²) >= 11 is 6.03. The Hall–Kier alpha value is -2.75. The third-order valence-electron chi connectivity index (χ3n) is 5.31. The second-order valence-corrected chi connectivity index (χ2v) is 7.61. The van der Waals surface area contributed by atoms with E-state index in [1.807, 2.05) is 12.1 Å². The minimum atomic E-state index is -0.0707. The van der Waals surface area contributed by atoms with Crippen molar-refractivity contribution in [1.82, 2.24) is 4.90 Å². The van der Waals surface area contributed by atoms with Crippen molar-refractivity contribution in [2.24, 2.45) is 0 Å². The molecule has 0 radical (unpaired) electrons. The number of fused-ring (bicyclic) bond motifs is 1. The predicted molar refractivity (Wildman–Crippen MR) is 110 cm³/mol. The van der Waals surface area contributed by atoms with E-state index in [9.17, 15) is 4.79 Å². The van der Waals surface area contributed by atoms with Gasteiger partial charge in [-0.2, -0.15) is 5.26 Å². The summed E-state index contributed by atoms with van der Waals surface area (Å²) in [6.07, 6.45) is 2.55. The van der Waals surface area contributed by atoms with Gasteiger partial charge in [0.25, 0.3) is 0 Å². The molecule has 1 N–H and O–H groups in total. The molecule has 29 heavy (non-hydrogen) atoms. The van der Waals surface area contributed by atoms with Crippen LogP contribution in [0.5, 0.6) is 11.5 Å². The van der Waals surface area contributed by atoms with E-state index >= 15 is 0 Å². The smallest absolute Gasteiger partial charge is 0.225 e. The molecule has 1 unspecified atom stereocenters. The number of ether oxygens (including phenoxy) is 2. The molecule has 0 aliphatic carbocycles. The van der Waals surface area contributed by atoms with Crippen molar-refractivity contribution >= 4 is 23.2 Å². The van der Waals surface area contributed by atoms with Crippen LogP contribution in [-0.4, -0.2) is 37.1 Å². The van der Waals surface area contributed by atoms with Crippen molar-refractivity contribution in [2.45, 2.75) is 25.3 Å². The number of nitrogens with one attached hydrogen (secondary N) is 1. The largest absolute Gasteiger partial charge is 0.486 e. The summed E-state index contributed by atoms with van der Waals surface area (Å²) in [5, 5.41) is 12.1. The van der Waals surface area contributed by atoms with E-state index < -0.39 is 0 Å². The molecular formula is C22H22ClN3O3. The fourth-order valence-corrected chi connectivity index (χ4v) is 4.11. The van der Waals surface area contributed by atoms with Crippen LogP contribution in [0.1, 0.15) is 36.4 Å². The van der Waals surface area contributed by atoms with Gasteiger partial charge in [0.2, 0.25) is 5.91 Å². The fourth-order valence-electron chi connectivity index (χ4n) is 3.89. The van der Waals surface area contributed by atoms with E-state index in [0.717, 1.165) is 30.9 Å². The lowest BCUT2D eigenvalue weighted by Gasteiger charge is -2.26. The molecule has 2 aliphatic rings. The van der Waals surface area contributed by atoms with E-state index in [1.165, 1.54) is 5.56 Å². The van der Waals surface area contributed by atoms with Crippen molar-refractivity contribution in [3.8, 4) is 17.6 Å². The van der Waals surface area contributed by atoms with Gasteiger partial charge in [0.15, 0.2) is 11.5 Å². The molecule has 1 saturated heterocycles. The van der Waals surface area contributed by atoms with Gasteiger partial charge >= 0.3 is 0 Å². The molecule has 7 heteroatoms. The lowest BCUT2D eigenvalue weighted by molar-refractivity contribution is -0.116. The average Bonchev–Trinajstić information content (AvgIpc) is 3.21. The number of rotatable bonds is 5. The zero-order chi connectivity index (χ0) is 20.2. The maximum absolute atomic E-state index is 12.4. The van der Waals surface area contributed by atoms with Crippen molar-refractivity contribution in [2.75, 3.05) is 31.6 Å². The maximum Gasteiger partial charge on any atom is 0.225 e. The van der Waals surface area contributed by atoms with E-state index in [0.29, 0.717) is 42.5 Å². The number of hydrogen-bond donors (Lipinski definition) is 1. The van der Waals surface area contributed by atoms with Crippen molar-refractivity contribution in [3.05, 3.63) is 52.5 Å². The molecule has 0 spiro atoms. The maximum atomic E-state index is 12.4. The molecule has 0 aromatic heterocycles. The van der Waals surface area contributed by atoms with Crippen LogP contribution in [0.2, 0.25) is 5.02 Å². The van der Waals surface area contributed by atoms with Gasteiger partial charge in [-0.15, -0.1) is 0 Å². The number of hydrogen-bond acceptors (Lipinski definition) is 5. The second-order valence-electron chi connectivity index (χ2n) is 7.20. The van der Waals surface area contributed by atoms with Crippen LogP contribution in [0.25, 0.3) is 0 Å². The zero-order valence-corrected chi connectivity index (χ0v) is 16.7. The minimum Gasteiger partial charge on any atom is -0.486 e. The van der Waals surface area contributed by atoms with Gasteiger partial charge in [0.05, 0.1) is 10.6 Å². The highest BCUT2D eigenvalue weighted by Crippen LogP contribution is 2.38. The van der Waals surface area contributed by atoms with Crippen LogP contribution >= 0.6 is 11.6 Å². The van der Waals surface area contributed by atoms with Crippen molar-refractivity contribution in [3.63, 3.8) is 0 Å². The predicted octanol–water partition coefficient (Wildman–Crippen LogP) is 4.15. The number of carbonyl (C=O) groups excluding carboxylic acids is 1. The number of nitrogens with zero attached hydrogens (tertiary/aromatic N) is 2. The fraction of sp³-hybridized carbons (Fsp3) is 0.364. The Balaban J connectivity index is 1.36. The quantitative estimate of drug-likeness (QED) is 0.800. The molecule has 2 aliphatic heterocycles. The van der Waals surface area contributed by atoms with Crippen LogP contribution < -0.4 is 14.8 Å². The van der Waals surface area contributed by atoms with Gasteiger partial charge < -0.3 is 14.8 Å². The van der Waals surface area contributed by atoms with Crippen LogP contribution in [0.3, 0.4) is 0 Å². The van der Waals surface area contributed by atoms with E-state index in [2.05, 4.69) is 22.3 Å². The van der Waals surface area contributed by atoms with Gasteiger partial charge in [-0.25, -0.2) is 0 Å². The van der Waals surface area contributed by atoms with Crippen LogP contribution in [-0.2, 0) is 4.79 Å². The monoisotopic (exact) mass is 411 g/mol. The Bertz CT molecular complexity index is 957. The van der Waals surface area contributed by atoms with E-state index in [1.54, 1.807) is 18.2 Å². The van der Waals surface area contributed by atoms with Crippen LogP contribution in [0, 0.1) is 11.3 Å². The Morgan fingerprint density at radius 3 is 2.83 bits per heavy atom. The molecule has 1 fully saturated rings. The zero-order valence-electron chi connectivity index (χ0n) is 16.0. The van der Waals surface area contributed by atoms with Crippen LogP contribution in [0.4, 0.5) is 5.69 Å². The molecule has 1 atom stereocenters. The van der Waals surface area contributed by atoms with Crippen molar-refractivity contribution in [1.29, 1.82) is 5.26 Å². The van der Waals surface area contributed by atoms with Gasteiger partial charge in [-0.1, -0.05) is 17.7 Å². The summed E-state index contributed by atoms with van der Waals surface area (Å²) in [5.41, 5.74) is 2.19. The number of amides is 1. The molecule has 2 heterocycles. The van der Waals surface area contributed by atoms with Crippen LogP contribution in [0.15, 0.2) is 36.4 Å². The Morgan fingerprint density at radius 2 is 2.03 bits per heavy atom. The standard InChI is InChI=1S/C22H22ClN3O3/c23-18-13-17(5-3-16(18)14-24)25-22(27)7-9-26-8-1-2-19(26)15-4-6-20-21(12-15)29-11-10-28-20/h3-6,12-13,19H,1-2,7-11H2,(H,25,27). The Morgan fingerprint density at radius 1 is 1.21 bits per heavy atom. The molecule has 4 rings (SSSR count). The number of nitriles is 1. The average molecular weight is 412 g/mol. The summed E-state index contributed by atoms with van der Waals surface area (Å²) in [7, 11) is 0. The highest BCUT2D eigenvalue weighted by Gasteiger charge is 2.27. The van der Waals surface area contributed by atoms with Gasteiger partial charge in [-0.05, 0) is 55.3 Å². The molecule has 6 nitrogen and oxygen atoms in total. The highest BCUT2D eigenvalue weighted by molar-refractivity contribution is 6.32. The SMILES string of the molecule is N#Cc1ccc(NC(=O)CCN2CCCC2c2ccc3c(c2)OCCO3)cc1Cl. The summed E-state index contributed by atoms with van der Waals surface area (Å²) in [4.78, 5) is 14.7. The first-order valence-corrected chi connectivity index (χ1v) is 10.1. The summed E-state index contributed by atoms with van der Waals surface area (Å²) in [6, 6.07) is 13.3. The van der Waals surface area contributed by atoms with Crippen molar-refractivity contribution < 1.29 is 14.3 Å². The second kappa shape index (κ2) is 8.73. The lowest BCUT2D eigenvalue weighted by atomic mass is 10.0. The normalized spacial score (nSPS) is 18.3. The van der Waals surface area contributed by atoms with Gasteiger partial charge in [0.1, 0.15) is 19.3 Å². The van der Waals surface area contributed by atoms with E-state index in [4.69, 9.17) is 26.3 Å². The number of halogens is 1. The molecule has 1 amide bonds. The molecule has 0 bridgehead atoms. The lowest BCUT2D eigenvalue weighted by Crippen LogP contribution is -2.28. The molecule has 0 saturated carbocycles. The third-order valence-corrected chi connectivity index (χ3v) is 5.63. The first-order valence-electron chi connectivity index (χ1n) is 9.77. The highest BCUT2D eigenvalue weighted by atomic mass is 35.5. The topological polar surface area (TPSA) is 74.6 Å². The minimum absolute atomic E-state index is 0.0707. The van der Waals surface area contributed by atoms with Gasteiger partial charge in [0, 0.05) is 24.7 Å². The molecular weight excluding hydrogens is 390 g/mol. The molecule has 2 aromatic carbocycles. The number of carbonyl (C=O) groups is 1. The number of benzene rings is 2. The van der Waals surface area contributed by atoms with Gasteiger partial charge in [-0.3, -0.25) is 9.69 Å². The van der Waals surface area contributed by atoms with E-state index in [-0.39, 0.29) is 11.9 Å². The Labute approximate surface area is 175 Å². The number of likely N-dealkylation sites (tertiary alicyclic amines) is 1. The Kier molecular flexibility index (Phi) is 5.89. The number of anilines is 1.